The summed E-state index contributed by atoms with van der Waals surface area (Å²) in [7, 11) is 7.97. The Hall–Kier alpha value is -1.33. The molecule has 2 unspecified atom stereocenters. The average Bonchev–Trinajstić information content (AvgIpc) is 2.48. The number of amides is 2. The van der Waals surface area contributed by atoms with Crippen LogP contribution in [0.3, 0.4) is 0 Å². The molecular formula is C22H41BN2O3. The second-order valence-electron chi connectivity index (χ2n) is 10.8. The van der Waals surface area contributed by atoms with Crippen molar-refractivity contribution in [2.75, 3.05) is 7.05 Å². The first-order chi connectivity index (χ1) is 12.2. The molecule has 2 atom stereocenters. The monoisotopic (exact) mass is 392 g/mol. The van der Waals surface area contributed by atoms with Crippen LogP contribution < -0.4 is 5.32 Å². The third-order valence-electron chi connectivity index (χ3n) is 6.44. The lowest BCUT2D eigenvalue weighted by Crippen LogP contribution is -2.63. The van der Waals surface area contributed by atoms with E-state index >= 15 is 0 Å². The SMILES string of the molecule is [B]C(C)(C)CC(C)(C)N(C)C(=O)C(C)(C)C(C)(C)NC(=O)C(C)C(C)C(C)=O. The lowest BCUT2D eigenvalue weighted by molar-refractivity contribution is -0.150. The quantitative estimate of drug-likeness (QED) is 0.608. The Bertz CT molecular complexity index is 603. The lowest BCUT2D eigenvalue weighted by Gasteiger charge is -2.48. The number of rotatable bonds is 9. The lowest BCUT2D eigenvalue weighted by atomic mass is 9.65. The predicted molar refractivity (Wildman–Crippen MR) is 116 cm³/mol. The van der Waals surface area contributed by atoms with Crippen LogP contribution in [-0.2, 0) is 14.4 Å². The normalized spacial score (nSPS) is 15.6. The second kappa shape index (κ2) is 8.58. The molecule has 1 N–H and O–H groups in total. The molecule has 6 heteroatoms. The van der Waals surface area contributed by atoms with Crippen LogP contribution in [0.2, 0.25) is 5.31 Å². The first-order valence-corrected chi connectivity index (χ1v) is 10.1. The van der Waals surface area contributed by atoms with Crippen LogP contribution in [0.1, 0.15) is 82.6 Å². The highest BCUT2D eigenvalue weighted by molar-refractivity contribution is 6.14. The molecule has 0 fully saturated rings. The van der Waals surface area contributed by atoms with E-state index in [0.717, 1.165) is 0 Å². The van der Waals surface area contributed by atoms with E-state index in [4.69, 9.17) is 7.85 Å². The molecule has 2 radical (unpaired) electrons. The van der Waals surface area contributed by atoms with Gasteiger partial charge in [0, 0.05) is 30.0 Å². The topological polar surface area (TPSA) is 66.5 Å². The largest absolute Gasteiger partial charge is 0.350 e. The molecule has 0 saturated carbocycles. The molecule has 0 aliphatic heterocycles. The molecule has 0 heterocycles. The van der Waals surface area contributed by atoms with Gasteiger partial charge in [0.1, 0.15) is 5.78 Å². The summed E-state index contributed by atoms with van der Waals surface area (Å²) in [6.07, 6.45) is 0.637. The summed E-state index contributed by atoms with van der Waals surface area (Å²) in [4.78, 5) is 39.5. The van der Waals surface area contributed by atoms with Crippen LogP contribution >= 0.6 is 0 Å². The fraction of sp³-hybridized carbons (Fsp3) is 0.864. The smallest absolute Gasteiger partial charge is 0.230 e. The van der Waals surface area contributed by atoms with Crippen molar-refractivity contribution >= 4 is 25.4 Å². The summed E-state index contributed by atoms with van der Waals surface area (Å²) < 4.78 is 0. The van der Waals surface area contributed by atoms with Gasteiger partial charge >= 0.3 is 0 Å². The van der Waals surface area contributed by atoms with Crippen LogP contribution in [0.25, 0.3) is 0 Å². The van der Waals surface area contributed by atoms with E-state index in [1.807, 2.05) is 55.4 Å². The Morgan fingerprint density at radius 2 is 1.36 bits per heavy atom. The molecule has 0 rings (SSSR count). The van der Waals surface area contributed by atoms with Crippen molar-refractivity contribution in [2.45, 2.75) is 99.0 Å². The molecule has 0 aliphatic rings. The van der Waals surface area contributed by atoms with Crippen LogP contribution in [0.5, 0.6) is 0 Å². The van der Waals surface area contributed by atoms with E-state index < -0.39 is 27.7 Å². The van der Waals surface area contributed by atoms with E-state index in [1.165, 1.54) is 6.92 Å². The molecule has 5 nitrogen and oxygen atoms in total. The van der Waals surface area contributed by atoms with Crippen LogP contribution in [0.4, 0.5) is 0 Å². The fourth-order valence-corrected chi connectivity index (χ4v) is 3.35. The summed E-state index contributed by atoms with van der Waals surface area (Å²) in [5.41, 5.74) is -2.12. The molecular weight excluding hydrogens is 351 g/mol. The van der Waals surface area contributed by atoms with Crippen molar-refractivity contribution in [2.24, 2.45) is 17.3 Å². The Labute approximate surface area is 173 Å². The Balaban J connectivity index is 5.56. The molecule has 28 heavy (non-hydrogen) atoms. The number of carbonyl (C=O) groups is 3. The summed E-state index contributed by atoms with van der Waals surface area (Å²) >= 11 is 0. The van der Waals surface area contributed by atoms with E-state index in [9.17, 15) is 14.4 Å². The van der Waals surface area contributed by atoms with Gasteiger partial charge in [-0.3, -0.25) is 14.4 Å². The Morgan fingerprint density at radius 3 is 1.71 bits per heavy atom. The summed E-state index contributed by atoms with van der Waals surface area (Å²) in [5.74, 6) is -1.16. The molecule has 0 bridgehead atoms. The number of nitrogens with zero attached hydrogens (tertiary/aromatic N) is 1. The zero-order valence-electron chi connectivity index (χ0n) is 20.1. The second-order valence-corrected chi connectivity index (χ2v) is 10.8. The van der Waals surface area contributed by atoms with Crippen LogP contribution in [0, 0.1) is 17.3 Å². The van der Waals surface area contributed by atoms with Gasteiger partial charge in [-0.2, -0.15) is 0 Å². The molecule has 0 aliphatic carbocycles. The standard InChI is InChI=1S/C22H41BN2O3/c1-14(16(3)26)15(2)17(27)24-22(10,11)21(8,9)18(28)25(12)20(6,7)13-19(4,5)23/h14-15H,13H2,1-12H3,(H,24,27). The van der Waals surface area contributed by atoms with Gasteiger partial charge in [-0.25, -0.2) is 0 Å². The summed E-state index contributed by atoms with van der Waals surface area (Å²) in [5, 5.41) is 2.59. The average molecular weight is 392 g/mol. The minimum atomic E-state index is -0.868. The molecule has 2 amide bonds. The van der Waals surface area contributed by atoms with Gasteiger partial charge < -0.3 is 10.2 Å². The highest BCUT2D eigenvalue weighted by atomic mass is 16.2. The molecule has 0 aromatic carbocycles. The zero-order chi connectivity index (χ0) is 22.9. The van der Waals surface area contributed by atoms with E-state index in [0.29, 0.717) is 6.42 Å². The van der Waals surface area contributed by atoms with Gasteiger partial charge in [0.2, 0.25) is 11.8 Å². The summed E-state index contributed by atoms with van der Waals surface area (Å²) in [6.45, 7) is 20.2. The maximum Gasteiger partial charge on any atom is 0.230 e. The molecule has 0 aromatic rings. The first kappa shape index (κ1) is 26.7. The van der Waals surface area contributed by atoms with Crippen molar-refractivity contribution in [1.82, 2.24) is 10.2 Å². The van der Waals surface area contributed by atoms with Crippen molar-refractivity contribution in [3.63, 3.8) is 0 Å². The van der Waals surface area contributed by atoms with Crippen molar-refractivity contribution in [3.8, 4) is 0 Å². The van der Waals surface area contributed by atoms with Crippen LogP contribution in [-0.4, -0.2) is 48.5 Å². The molecule has 160 valence electrons. The van der Waals surface area contributed by atoms with Crippen molar-refractivity contribution in [1.29, 1.82) is 0 Å². The number of Topliss-reactive ketones (excluding diaryl/α,β-unsaturated/α-hetero) is 1. The van der Waals surface area contributed by atoms with Gasteiger partial charge in [-0.15, -0.1) is 0 Å². The highest BCUT2D eigenvalue weighted by Gasteiger charge is 2.48. The third-order valence-corrected chi connectivity index (χ3v) is 6.44. The predicted octanol–water partition coefficient (Wildman–Crippen LogP) is 3.76. The maximum absolute atomic E-state index is 13.4. The van der Waals surface area contributed by atoms with Gasteiger partial charge in [0.05, 0.1) is 13.3 Å². The Morgan fingerprint density at radius 1 is 0.929 bits per heavy atom. The number of ketones is 1. The third kappa shape index (κ3) is 6.35. The van der Waals surface area contributed by atoms with Crippen molar-refractivity contribution < 1.29 is 14.4 Å². The van der Waals surface area contributed by atoms with E-state index in [1.54, 1.807) is 25.8 Å². The number of carbonyl (C=O) groups excluding carboxylic acids is 3. The minimum Gasteiger partial charge on any atom is -0.350 e. The zero-order valence-corrected chi connectivity index (χ0v) is 20.1. The minimum absolute atomic E-state index is 0.0262. The number of nitrogens with one attached hydrogen (secondary N) is 1. The molecule has 0 spiro atoms. The number of hydrogen-bond acceptors (Lipinski definition) is 3. The highest BCUT2D eigenvalue weighted by Crippen LogP contribution is 2.39. The van der Waals surface area contributed by atoms with Gasteiger partial charge in [-0.05, 0) is 54.9 Å². The molecule has 0 aromatic heterocycles. The number of hydrogen-bond donors (Lipinski definition) is 1. The molecule has 0 saturated heterocycles. The van der Waals surface area contributed by atoms with Gasteiger partial charge in [0.25, 0.3) is 0 Å². The maximum atomic E-state index is 13.4. The van der Waals surface area contributed by atoms with Crippen molar-refractivity contribution in [3.05, 3.63) is 0 Å². The van der Waals surface area contributed by atoms with Crippen LogP contribution in [0.15, 0.2) is 0 Å². The Kier molecular flexibility index (Phi) is 8.18. The first-order valence-electron chi connectivity index (χ1n) is 10.1. The van der Waals surface area contributed by atoms with Gasteiger partial charge in [-0.1, -0.05) is 33.0 Å². The fourth-order valence-electron chi connectivity index (χ4n) is 3.35. The summed E-state index contributed by atoms with van der Waals surface area (Å²) in [6, 6.07) is 0. The van der Waals surface area contributed by atoms with E-state index in [2.05, 4.69) is 5.32 Å². The van der Waals surface area contributed by atoms with E-state index in [-0.39, 0.29) is 23.5 Å². The van der Waals surface area contributed by atoms with Gasteiger partial charge in [0.15, 0.2) is 0 Å².